The van der Waals surface area contributed by atoms with Gasteiger partial charge < -0.3 is 25.0 Å². The molecule has 1 aromatic rings. The van der Waals surface area contributed by atoms with Crippen LogP contribution in [0.3, 0.4) is 0 Å². The molecule has 2 aliphatic rings. The van der Waals surface area contributed by atoms with Crippen LogP contribution in [-0.4, -0.2) is 60.4 Å². The topological polar surface area (TPSA) is 77.9 Å². The Morgan fingerprint density at radius 1 is 1.23 bits per heavy atom. The molecule has 0 spiro atoms. The lowest BCUT2D eigenvalue weighted by Gasteiger charge is -2.34. The zero-order chi connectivity index (χ0) is 13.9. The Labute approximate surface area is 141 Å². The lowest BCUT2D eigenvalue weighted by atomic mass is 10.2. The number of rotatable bonds is 1. The predicted molar refractivity (Wildman–Crippen MR) is 87.7 cm³/mol. The molecular weight excluding hydrogens is 331 g/mol. The molecular formula is C13H20Cl2N4O3. The van der Waals surface area contributed by atoms with Gasteiger partial charge >= 0.3 is 6.09 Å². The normalized spacial score (nSPS) is 17.3. The van der Waals surface area contributed by atoms with Crippen LogP contribution in [0.1, 0.15) is 5.56 Å². The summed E-state index contributed by atoms with van der Waals surface area (Å²) in [5, 5.41) is 12.2. The maximum absolute atomic E-state index is 10.9. The number of carbonyl (C=O) groups is 1. The third kappa shape index (κ3) is 4.06. The van der Waals surface area contributed by atoms with Gasteiger partial charge in [-0.25, -0.2) is 4.79 Å². The molecule has 0 bridgehead atoms. The number of hydrogen-bond donors (Lipinski definition) is 2. The van der Waals surface area contributed by atoms with E-state index in [1.165, 1.54) is 4.90 Å². The summed E-state index contributed by atoms with van der Waals surface area (Å²) in [5.74, 6) is 1.55. The lowest BCUT2D eigenvalue weighted by molar-refractivity contribution is 0.142. The van der Waals surface area contributed by atoms with E-state index in [0.717, 1.165) is 24.5 Å². The van der Waals surface area contributed by atoms with Crippen molar-refractivity contribution in [2.75, 3.05) is 44.2 Å². The van der Waals surface area contributed by atoms with Crippen LogP contribution in [0.5, 0.6) is 5.88 Å². The summed E-state index contributed by atoms with van der Waals surface area (Å²) in [4.78, 5) is 19.0. The van der Waals surface area contributed by atoms with Crippen LogP contribution in [0.4, 0.5) is 10.6 Å². The van der Waals surface area contributed by atoms with Gasteiger partial charge in [-0.2, -0.15) is 4.98 Å². The molecule has 0 aromatic carbocycles. The third-order valence-corrected chi connectivity index (χ3v) is 3.63. The van der Waals surface area contributed by atoms with Crippen LogP contribution in [-0.2, 0) is 6.54 Å². The maximum Gasteiger partial charge on any atom is 0.407 e. The highest BCUT2D eigenvalue weighted by Crippen LogP contribution is 2.23. The number of nitrogens with one attached hydrogen (secondary N) is 1. The summed E-state index contributed by atoms with van der Waals surface area (Å²) in [6.45, 7) is 4.56. The second kappa shape index (κ2) is 8.26. The number of piperazine rings is 1. The van der Waals surface area contributed by atoms with Gasteiger partial charge in [0.05, 0.1) is 0 Å². The molecule has 1 fully saturated rings. The molecule has 2 aliphatic heterocycles. The minimum absolute atomic E-state index is 0. The van der Waals surface area contributed by atoms with E-state index in [-0.39, 0.29) is 24.8 Å². The number of fused-ring (bicyclic) bond motifs is 1. The molecule has 7 nitrogen and oxygen atoms in total. The summed E-state index contributed by atoms with van der Waals surface area (Å²) < 4.78 is 5.63. The van der Waals surface area contributed by atoms with E-state index in [2.05, 4.69) is 15.2 Å². The minimum Gasteiger partial charge on any atom is -0.476 e. The molecule has 1 aromatic heterocycles. The minimum atomic E-state index is -0.853. The zero-order valence-corrected chi connectivity index (χ0v) is 13.7. The maximum atomic E-state index is 10.9. The van der Waals surface area contributed by atoms with Crippen molar-refractivity contribution in [2.24, 2.45) is 0 Å². The molecule has 3 heterocycles. The molecule has 2 N–H and O–H groups in total. The Bertz CT molecular complexity index is 510. The van der Waals surface area contributed by atoms with Crippen molar-refractivity contribution < 1.29 is 14.6 Å². The second-order valence-electron chi connectivity index (χ2n) is 4.92. The molecule has 9 heteroatoms. The van der Waals surface area contributed by atoms with Gasteiger partial charge in [0, 0.05) is 44.8 Å². The Hall–Kier alpha value is -1.44. The van der Waals surface area contributed by atoms with E-state index < -0.39 is 6.09 Å². The monoisotopic (exact) mass is 350 g/mol. The Kier molecular flexibility index (Phi) is 6.99. The number of carboxylic acid groups (broad SMARTS) is 1. The van der Waals surface area contributed by atoms with E-state index in [9.17, 15) is 4.79 Å². The van der Waals surface area contributed by atoms with Crippen LogP contribution < -0.4 is 15.0 Å². The van der Waals surface area contributed by atoms with Crippen molar-refractivity contribution in [3.63, 3.8) is 0 Å². The van der Waals surface area contributed by atoms with Crippen LogP contribution in [0.2, 0.25) is 0 Å². The van der Waals surface area contributed by atoms with E-state index in [0.29, 0.717) is 38.7 Å². The first-order chi connectivity index (χ1) is 9.74. The molecule has 1 saturated heterocycles. The number of aromatic nitrogens is 1. The molecule has 124 valence electrons. The molecule has 1 amide bonds. The summed E-state index contributed by atoms with van der Waals surface area (Å²) in [5.41, 5.74) is 1.07. The molecule has 3 rings (SSSR count). The zero-order valence-electron chi connectivity index (χ0n) is 12.0. The first-order valence-corrected chi connectivity index (χ1v) is 6.80. The van der Waals surface area contributed by atoms with E-state index in [1.807, 2.05) is 12.1 Å². The van der Waals surface area contributed by atoms with Gasteiger partial charge in [-0.15, -0.1) is 24.8 Å². The molecule has 0 unspecified atom stereocenters. The van der Waals surface area contributed by atoms with Gasteiger partial charge in [-0.3, -0.25) is 0 Å². The summed E-state index contributed by atoms with van der Waals surface area (Å²) in [6, 6.07) is 4.01. The number of nitrogens with zero attached hydrogens (tertiary/aromatic N) is 3. The van der Waals surface area contributed by atoms with Crippen LogP contribution in [0.25, 0.3) is 0 Å². The Balaban J connectivity index is 0.00000121. The molecule has 22 heavy (non-hydrogen) atoms. The van der Waals surface area contributed by atoms with Gasteiger partial charge in [0.1, 0.15) is 12.4 Å². The number of halogens is 2. The average molecular weight is 351 g/mol. The summed E-state index contributed by atoms with van der Waals surface area (Å²) in [6.07, 6.45) is -0.853. The number of amides is 1. The first kappa shape index (κ1) is 18.6. The Morgan fingerprint density at radius 2 is 1.95 bits per heavy atom. The van der Waals surface area contributed by atoms with Crippen molar-refractivity contribution in [1.82, 2.24) is 15.2 Å². The fourth-order valence-electron chi connectivity index (χ4n) is 2.46. The van der Waals surface area contributed by atoms with Crippen LogP contribution in [0.15, 0.2) is 12.1 Å². The second-order valence-corrected chi connectivity index (χ2v) is 4.92. The van der Waals surface area contributed by atoms with E-state index in [1.54, 1.807) is 0 Å². The highest BCUT2D eigenvalue weighted by Gasteiger charge is 2.22. The lowest BCUT2D eigenvalue weighted by Crippen LogP contribution is -2.48. The standard InChI is InChI=1S/C13H18N4O3.2ClH/c18-13(19)17-6-4-16(5-7-17)11-2-1-10-9-14-3-8-20-12(10)15-11;;/h1-2,14H,3-9H2,(H,18,19);2*1H. The quantitative estimate of drug-likeness (QED) is 0.792. The van der Waals surface area contributed by atoms with Crippen molar-refractivity contribution in [3.05, 3.63) is 17.7 Å². The molecule has 0 radical (unpaired) electrons. The predicted octanol–water partition coefficient (Wildman–Crippen LogP) is 1.21. The molecule has 0 atom stereocenters. The largest absolute Gasteiger partial charge is 0.476 e. The number of pyridine rings is 1. The third-order valence-electron chi connectivity index (χ3n) is 3.63. The van der Waals surface area contributed by atoms with Crippen LogP contribution >= 0.6 is 24.8 Å². The summed E-state index contributed by atoms with van der Waals surface area (Å²) >= 11 is 0. The van der Waals surface area contributed by atoms with Crippen molar-refractivity contribution >= 4 is 36.7 Å². The van der Waals surface area contributed by atoms with Crippen molar-refractivity contribution in [3.8, 4) is 5.88 Å². The number of hydrogen-bond acceptors (Lipinski definition) is 5. The Morgan fingerprint density at radius 3 is 2.64 bits per heavy atom. The summed E-state index contributed by atoms with van der Waals surface area (Å²) in [7, 11) is 0. The van der Waals surface area contributed by atoms with Crippen molar-refractivity contribution in [2.45, 2.75) is 6.54 Å². The molecule has 0 aliphatic carbocycles. The van der Waals surface area contributed by atoms with Gasteiger partial charge in [-0.05, 0) is 12.1 Å². The van der Waals surface area contributed by atoms with Crippen molar-refractivity contribution in [1.29, 1.82) is 0 Å². The smallest absolute Gasteiger partial charge is 0.407 e. The molecule has 0 saturated carbocycles. The van der Waals surface area contributed by atoms with E-state index >= 15 is 0 Å². The highest BCUT2D eigenvalue weighted by atomic mass is 35.5. The fourth-order valence-corrected chi connectivity index (χ4v) is 2.46. The first-order valence-electron chi connectivity index (χ1n) is 6.80. The van der Waals surface area contributed by atoms with Crippen LogP contribution in [0, 0.1) is 0 Å². The van der Waals surface area contributed by atoms with Gasteiger partial charge in [0.25, 0.3) is 0 Å². The van der Waals surface area contributed by atoms with Gasteiger partial charge in [-0.1, -0.05) is 0 Å². The van der Waals surface area contributed by atoms with Gasteiger partial charge in [0.15, 0.2) is 0 Å². The number of anilines is 1. The fraction of sp³-hybridized carbons (Fsp3) is 0.538. The number of ether oxygens (including phenoxy) is 1. The average Bonchev–Trinajstić information content (AvgIpc) is 2.71. The van der Waals surface area contributed by atoms with E-state index in [4.69, 9.17) is 9.84 Å². The highest BCUT2D eigenvalue weighted by molar-refractivity contribution is 5.85. The SMILES string of the molecule is Cl.Cl.O=C(O)N1CCN(c2ccc3c(n2)OCCNC3)CC1. The van der Waals surface area contributed by atoms with Gasteiger partial charge in [0.2, 0.25) is 5.88 Å².